The summed E-state index contributed by atoms with van der Waals surface area (Å²) >= 11 is 0. The van der Waals surface area contributed by atoms with E-state index in [1.165, 1.54) is 47.0 Å². The zero-order valence-electron chi connectivity index (χ0n) is 19.3. The van der Waals surface area contributed by atoms with E-state index in [0.717, 1.165) is 51.6 Å². The van der Waals surface area contributed by atoms with Crippen LogP contribution in [0.25, 0.3) is 0 Å². The maximum atomic E-state index is 14.6. The Balaban J connectivity index is 1.38. The van der Waals surface area contributed by atoms with Crippen LogP contribution in [0.3, 0.4) is 0 Å². The van der Waals surface area contributed by atoms with Gasteiger partial charge in [-0.1, -0.05) is 29.9 Å². The van der Waals surface area contributed by atoms with Crippen LogP contribution in [0, 0.1) is 17.6 Å². The van der Waals surface area contributed by atoms with E-state index in [0.29, 0.717) is 5.92 Å². The van der Waals surface area contributed by atoms with Gasteiger partial charge in [-0.05, 0) is 38.2 Å². The van der Waals surface area contributed by atoms with Gasteiger partial charge in [-0.15, -0.1) is 0 Å². The molecule has 0 amide bonds. The van der Waals surface area contributed by atoms with Gasteiger partial charge in [0.2, 0.25) is 0 Å². The molecule has 0 bridgehead atoms. The van der Waals surface area contributed by atoms with Gasteiger partial charge in [-0.3, -0.25) is 9.80 Å². The number of piperazine rings is 1. The molecule has 2 aliphatic rings. The third kappa shape index (κ3) is 5.93. The van der Waals surface area contributed by atoms with Gasteiger partial charge in [0.25, 0.3) is 0 Å². The average Bonchev–Trinajstić information content (AvgIpc) is 3.28. The van der Waals surface area contributed by atoms with Crippen molar-refractivity contribution in [2.24, 2.45) is 5.92 Å². The van der Waals surface area contributed by atoms with Crippen LogP contribution in [-0.2, 0) is 12.1 Å². The van der Waals surface area contributed by atoms with Gasteiger partial charge in [0.1, 0.15) is 29.9 Å². The Morgan fingerprint density at radius 3 is 2.55 bits per heavy atom. The minimum Gasteiger partial charge on any atom is -0.382 e. The molecule has 1 N–H and O–H groups in total. The summed E-state index contributed by atoms with van der Waals surface area (Å²) in [5.41, 5.74) is 1.28. The van der Waals surface area contributed by atoms with Gasteiger partial charge in [-0.25, -0.2) is 18.4 Å². The molecule has 178 valence electrons. The van der Waals surface area contributed by atoms with Gasteiger partial charge < -0.3 is 5.11 Å². The summed E-state index contributed by atoms with van der Waals surface area (Å²) in [7, 11) is 0. The van der Waals surface area contributed by atoms with Crippen molar-refractivity contribution < 1.29 is 13.9 Å². The van der Waals surface area contributed by atoms with Crippen LogP contribution in [0.2, 0.25) is 0 Å². The lowest BCUT2D eigenvalue weighted by molar-refractivity contribution is -0.0313. The maximum absolute atomic E-state index is 14.6. The second-order valence-electron chi connectivity index (χ2n) is 9.48. The second kappa shape index (κ2) is 10.2. The molecule has 1 fully saturated rings. The molecule has 1 saturated heterocycles. The molecule has 1 aliphatic carbocycles. The van der Waals surface area contributed by atoms with Crippen molar-refractivity contribution in [2.75, 3.05) is 39.3 Å². The summed E-state index contributed by atoms with van der Waals surface area (Å²) in [6.07, 6.45) is 8.63. The van der Waals surface area contributed by atoms with Crippen LogP contribution in [0.15, 0.2) is 54.7 Å². The fourth-order valence-corrected chi connectivity index (χ4v) is 4.91. The van der Waals surface area contributed by atoms with E-state index in [-0.39, 0.29) is 18.7 Å². The van der Waals surface area contributed by atoms with Crippen LogP contribution in [0.5, 0.6) is 0 Å². The first kappa shape index (κ1) is 23.7. The number of benzene rings is 1. The SMILES string of the molecule is C=C(C)[C@@H]1CC=C(CN2CCN(CC(O)(Cn3cncn3)c3ccc(F)cc3F)CC2)CC1. The highest BCUT2D eigenvalue weighted by Crippen LogP contribution is 2.30. The summed E-state index contributed by atoms with van der Waals surface area (Å²) in [6, 6.07) is 3.32. The predicted octanol–water partition coefficient (Wildman–Crippen LogP) is 3.36. The Morgan fingerprint density at radius 2 is 1.94 bits per heavy atom. The van der Waals surface area contributed by atoms with E-state index < -0.39 is 17.2 Å². The molecular weight excluding hydrogens is 424 g/mol. The van der Waals surface area contributed by atoms with Crippen LogP contribution in [0.4, 0.5) is 8.78 Å². The smallest absolute Gasteiger partial charge is 0.137 e. The molecule has 2 aromatic rings. The molecule has 8 heteroatoms. The number of aromatic nitrogens is 3. The molecule has 1 unspecified atom stereocenters. The van der Waals surface area contributed by atoms with Gasteiger partial charge in [0.15, 0.2) is 0 Å². The van der Waals surface area contributed by atoms with E-state index in [9.17, 15) is 13.9 Å². The highest BCUT2D eigenvalue weighted by Gasteiger charge is 2.36. The van der Waals surface area contributed by atoms with Crippen molar-refractivity contribution in [2.45, 2.75) is 38.3 Å². The van der Waals surface area contributed by atoms with Crippen LogP contribution in [-0.4, -0.2) is 68.9 Å². The molecule has 1 aliphatic heterocycles. The second-order valence-corrected chi connectivity index (χ2v) is 9.48. The van der Waals surface area contributed by atoms with Gasteiger partial charge in [0, 0.05) is 50.9 Å². The van der Waals surface area contributed by atoms with Gasteiger partial charge in [0.05, 0.1) is 6.54 Å². The van der Waals surface area contributed by atoms with Crippen molar-refractivity contribution in [3.8, 4) is 0 Å². The van der Waals surface area contributed by atoms with Crippen LogP contribution in [0.1, 0.15) is 31.7 Å². The van der Waals surface area contributed by atoms with Gasteiger partial charge >= 0.3 is 0 Å². The third-order valence-corrected chi connectivity index (χ3v) is 6.90. The fourth-order valence-electron chi connectivity index (χ4n) is 4.91. The largest absolute Gasteiger partial charge is 0.382 e. The summed E-state index contributed by atoms with van der Waals surface area (Å²) in [6.45, 7) is 10.8. The standard InChI is InChI=1S/C25H33F2N5O/c1-19(2)21-5-3-20(4-6-21)14-30-9-11-31(12-10-30)15-25(33,16-32-18-28-17-29-32)23-8-7-22(26)13-24(23)27/h3,7-8,13,17-18,21,33H,1,4-6,9-12,14-16H2,2H3/t21-,25?/m1/s1. The molecule has 1 aromatic carbocycles. The van der Waals surface area contributed by atoms with Crippen molar-refractivity contribution in [1.82, 2.24) is 24.6 Å². The number of hydrogen-bond donors (Lipinski definition) is 1. The molecular formula is C25H33F2N5O. The average molecular weight is 458 g/mol. The first-order valence-corrected chi connectivity index (χ1v) is 11.6. The number of hydrogen-bond acceptors (Lipinski definition) is 5. The molecule has 2 atom stereocenters. The monoisotopic (exact) mass is 457 g/mol. The topological polar surface area (TPSA) is 57.4 Å². The van der Waals surface area contributed by atoms with E-state index in [1.54, 1.807) is 0 Å². The van der Waals surface area contributed by atoms with Crippen LogP contribution < -0.4 is 0 Å². The summed E-state index contributed by atoms with van der Waals surface area (Å²) < 4.78 is 29.6. The Labute approximate surface area is 194 Å². The molecule has 2 heterocycles. The zero-order chi connectivity index (χ0) is 23.4. The number of halogens is 2. The third-order valence-electron chi connectivity index (χ3n) is 6.90. The first-order valence-electron chi connectivity index (χ1n) is 11.6. The minimum absolute atomic E-state index is 0.0343. The predicted molar refractivity (Wildman–Crippen MR) is 123 cm³/mol. The number of β-amino-alcohol motifs (C(OH)–C–C–N with tert-alkyl or cyclic N) is 1. The summed E-state index contributed by atoms with van der Waals surface area (Å²) in [4.78, 5) is 8.50. The van der Waals surface area contributed by atoms with E-state index in [2.05, 4.69) is 39.5 Å². The van der Waals surface area contributed by atoms with Crippen molar-refractivity contribution in [1.29, 1.82) is 0 Å². The molecule has 0 saturated carbocycles. The summed E-state index contributed by atoms with van der Waals surface area (Å²) in [5.74, 6) is -0.812. The van der Waals surface area contributed by atoms with Gasteiger partial charge in [-0.2, -0.15) is 5.10 Å². The van der Waals surface area contributed by atoms with Crippen molar-refractivity contribution in [3.05, 3.63) is 71.9 Å². The minimum atomic E-state index is -1.56. The number of aliphatic hydroxyl groups is 1. The zero-order valence-corrected chi connectivity index (χ0v) is 19.3. The Kier molecular flexibility index (Phi) is 7.36. The van der Waals surface area contributed by atoms with E-state index >= 15 is 0 Å². The molecule has 1 aromatic heterocycles. The fraction of sp³-hybridized carbons (Fsp3) is 0.520. The lowest BCUT2D eigenvalue weighted by Crippen LogP contribution is -2.52. The lowest BCUT2D eigenvalue weighted by Gasteiger charge is -2.40. The Morgan fingerprint density at radius 1 is 1.18 bits per heavy atom. The normalized spacial score (nSPS) is 22.1. The summed E-state index contributed by atoms with van der Waals surface area (Å²) in [5, 5.41) is 15.6. The molecule has 4 rings (SSSR count). The quantitative estimate of drug-likeness (QED) is 0.616. The van der Waals surface area contributed by atoms with Crippen LogP contribution >= 0.6 is 0 Å². The Hall–Kier alpha value is -2.42. The number of nitrogens with zero attached hydrogens (tertiary/aromatic N) is 5. The first-order chi connectivity index (χ1) is 15.8. The Bertz CT molecular complexity index is 985. The van der Waals surface area contributed by atoms with Crippen molar-refractivity contribution >= 4 is 0 Å². The maximum Gasteiger partial charge on any atom is 0.137 e. The van der Waals surface area contributed by atoms with Crippen molar-refractivity contribution in [3.63, 3.8) is 0 Å². The number of rotatable bonds is 8. The van der Waals surface area contributed by atoms with E-state index in [1.807, 2.05) is 0 Å². The number of allylic oxidation sites excluding steroid dienone is 2. The molecule has 33 heavy (non-hydrogen) atoms. The lowest BCUT2D eigenvalue weighted by atomic mass is 9.85. The van der Waals surface area contributed by atoms with E-state index in [4.69, 9.17) is 0 Å². The highest BCUT2D eigenvalue weighted by molar-refractivity contribution is 5.26. The molecule has 0 radical (unpaired) electrons. The highest BCUT2D eigenvalue weighted by atomic mass is 19.1. The molecule has 6 nitrogen and oxygen atoms in total. The molecule has 0 spiro atoms.